The van der Waals surface area contributed by atoms with E-state index in [2.05, 4.69) is 51.0 Å². The molecule has 0 bridgehead atoms. The average Bonchev–Trinajstić information content (AvgIpc) is 3.35. The number of amides is 2. The minimum Gasteiger partial charge on any atom is -0.356 e. The first-order valence-corrected chi connectivity index (χ1v) is 11.5. The van der Waals surface area contributed by atoms with Crippen molar-refractivity contribution in [2.24, 2.45) is 5.41 Å². The summed E-state index contributed by atoms with van der Waals surface area (Å²) in [5.74, 6) is -0.163. The molecule has 2 amide bonds. The molecule has 1 aliphatic heterocycles. The molecular formula is C24H26N4O2S. The van der Waals surface area contributed by atoms with Crippen LogP contribution in [0.15, 0.2) is 60.4 Å². The van der Waals surface area contributed by atoms with Crippen molar-refractivity contribution in [3.8, 4) is 10.4 Å². The van der Waals surface area contributed by atoms with E-state index in [9.17, 15) is 9.59 Å². The van der Waals surface area contributed by atoms with E-state index >= 15 is 0 Å². The Bertz CT molecular complexity index is 1020. The van der Waals surface area contributed by atoms with Crippen LogP contribution in [0.1, 0.15) is 35.8 Å². The molecule has 0 saturated carbocycles. The molecule has 1 fully saturated rings. The molecule has 4 rings (SSSR count). The van der Waals surface area contributed by atoms with Gasteiger partial charge in [0, 0.05) is 36.9 Å². The van der Waals surface area contributed by atoms with E-state index in [0.717, 1.165) is 18.4 Å². The van der Waals surface area contributed by atoms with Gasteiger partial charge < -0.3 is 10.2 Å². The summed E-state index contributed by atoms with van der Waals surface area (Å²) in [5.41, 5.74) is 1.93. The Hall–Kier alpha value is -3.06. The second-order valence-electron chi connectivity index (χ2n) is 7.91. The van der Waals surface area contributed by atoms with Crippen LogP contribution in [-0.2, 0) is 11.2 Å². The van der Waals surface area contributed by atoms with Crippen LogP contribution >= 0.6 is 11.3 Å². The van der Waals surface area contributed by atoms with Gasteiger partial charge in [-0.05, 0) is 48.8 Å². The fraction of sp³-hybridized carbons (Fsp3) is 0.333. The molecule has 3 heterocycles. The normalized spacial score (nSPS) is 18.5. The van der Waals surface area contributed by atoms with Crippen molar-refractivity contribution in [1.29, 1.82) is 0 Å². The van der Waals surface area contributed by atoms with Crippen LogP contribution in [0.5, 0.6) is 0 Å². The third kappa shape index (κ3) is 4.66. The number of thiophene rings is 1. The van der Waals surface area contributed by atoms with E-state index in [4.69, 9.17) is 0 Å². The molecule has 0 spiro atoms. The minimum atomic E-state index is -0.656. The first-order valence-electron chi connectivity index (χ1n) is 10.6. The molecule has 2 aromatic heterocycles. The first-order chi connectivity index (χ1) is 15.1. The van der Waals surface area contributed by atoms with Crippen LogP contribution in [0, 0.1) is 5.41 Å². The molecule has 31 heavy (non-hydrogen) atoms. The molecule has 1 aromatic carbocycles. The average molecular weight is 435 g/mol. The lowest BCUT2D eigenvalue weighted by Crippen LogP contribution is -2.54. The van der Waals surface area contributed by atoms with Crippen LogP contribution in [0.25, 0.3) is 10.4 Å². The van der Waals surface area contributed by atoms with Gasteiger partial charge in [0.15, 0.2) is 0 Å². The number of carbonyl (C=O) groups excluding carboxylic acids is 2. The summed E-state index contributed by atoms with van der Waals surface area (Å²) in [6.45, 7) is 3.48. The van der Waals surface area contributed by atoms with Crippen molar-refractivity contribution in [2.75, 3.05) is 19.6 Å². The highest BCUT2D eigenvalue weighted by Gasteiger charge is 2.43. The second kappa shape index (κ2) is 9.39. The summed E-state index contributed by atoms with van der Waals surface area (Å²) in [6, 6.07) is 12.6. The van der Waals surface area contributed by atoms with E-state index < -0.39 is 5.41 Å². The number of aromatic nitrogens is 2. The third-order valence-corrected chi connectivity index (χ3v) is 6.69. The van der Waals surface area contributed by atoms with Gasteiger partial charge in [0.1, 0.15) is 5.69 Å². The van der Waals surface area contributed by atoms with Crippen LogP contribution in [0.3, 0.4) is 0 Å². The topological polar surface area (TPSA) is 75.2 Å². The van der Waals surface area contributed by atoms with E-state index in [1.807, 2.05) is 13.0 Å². The molecule has 1 aliphatic rings. The van der Waals surface area contributed by atoms with Crippen LogP contribution in [-0.4, -0.2) is 46.3 Å². The van der Waals surface area contributed by atoms with Gasteiger partial charge in [-0.25, -0.2) is 4.98 Å². The van der Waals surface area contributed by atoms with Gasteiger partial charge in [-0.15, -0.1) is 11.3 Å². The fourth-order valence-corrected chi connectivity index (χ4v) is 4.99. The lowest BCUT2D eigenvalue weighted by Gasteiger charge is -2.41. The Kier molecular flexibility index (Phi) is 6.42. The summed E-state index contributed by atoms with van der Waals surface area (Å²) in [5, 5.41) is 5.07. The summed E-state index contributed by atoms with van der Waals surface area (Å²) in [6.07, 6.45) is 6.66. The van der Waals surface area contributed by atoms with Gasteiger partial charge in [-0.1, -0.05) is 30.3 Å². The number of hydrogen-bond donors (Lipinski definition) is 1. The Morgan fingerprint density at radius 1 is 1.19 bits per heavy atom. The quantitative estimate of drug-likeness (QED) is 0.640. The van der Waals surface area contributed by atoms with E-state index in [0.29, 0.717) is 31.7 Å². The standard InChI is InChI=1S/C24H26N4O2S/c1-2-26-23(30)24(15-18-6-8-19(9-7-18)21-5-3-14-31-21)10-4-13-28(17-24)22(29)20-16-25-11-12-27-20/h3,5-9,11-12,14,16H,2,4,10,13,15,17H2,1H3,(H,26,30)/t24-/m0/s1. The second-order valence-corrected chi connectivity index (χ2v) is 8.86. The number of likely N-dealkylation sites (tertiary alicyclic amines) is 1. The van der Waals surface area contributed by atoms with Crippen LogP contribution < -0.4 is 5.32 Å². The lowest BCUT2D eigenvalue weighted by molar-refractivity contribution is -0.133. The third-order valence-electron chi connectivity index (χ3n) is 5.77. The number of benzene rings is 1. The first kappa shape index (κ1) is 21.2. The molecule has 3 aromatic rings. The Balaban J connectivity index is 1.58. The Morgan fingerprint density at radius 3 is 2.71 bits per heavy atom. The summed E-state index contributed by atoms with van der Waals surface area (Å²) in [7, 11) is 0. The fourth-order valence-electron chi connectivity index (χ4n) is 4.26. The van der Waals surface area contributed by atoms with Gasteiger partial charge in [0.2, 0.25) is 5.91 Å². The van der Waals surface area contributed by atoms with Gasteiger partial charge in [-0.2, -0.15) is 0 Å². The maximum absolute atomic E-state index is 13.2. The molecule has 0 radical (unpaired) electrons. The SMILES string of the molecule is CCNC(=O)[C@]1(Cc2ccc(-c3cccs3)cc2)CCCN(C(=O)c2cnccn2)C1. The lowest BCUT2D eigenvalue weighted by atomic mass is 9.74. The molecule has 1 N–H and O–H groups in total. The smallest absolute Gasteiger partial charge is 0.274 e. The molecule has 1 atom stereocenters. The van der Waals surface area contributed by atoms with Gasteiger partial charge in [0.05, 0.1) is 11.6 Å². The van der Waals surface area contributed by atoms with Gasteiger partial charge >= 0.3 is 0 Å². The Morgan fingerprint density at radius 2 is 2.03 bits per heavy atom. The number of piperidine rings is 1. The summed E-state index contributed by atoms with van der Waals surface area (Å²) < 4.78 is 0. The minimum absolute atomic E-state index is 0.00831. The van der Waals surface area contributed by atoms with Crippen molar-refractivity contribution >= 4 is 23.2 Å². The molecule has 0 unspecified atom stereocenters. The van der Waals surface area contributed by atoms with Crippen molar-refractivity contribution in [3.63, 3.8) is 0 Å². The number of nitrogens with zero attached hydrogens (tertiary/aromatic N) is 3. The van der Waals surface area contributed by atoms with Crippen molar-refractivity contribution < 1.29 is 9.59 Å². The van der Waals surface area contributed by atoms with Crippen LogP contribution in [0.4, 0.5) is 0 Å². The van der Waals surface area contributed by atoms with Crippen molar-refractivity contribution in [2.45, 2.75) is 26.2 Å². The molecule has 7 heteroatoms. The molecular weight excluding hydrogens is 408 g/mol. The number of hydrogen-bond acceptors (Lipinski definition) is 5. The van der Waals surface area contributed by atoms with Gasteiger partial charge in [0.25, 0.3) is 5.91 Å². The Labute approximate surface area is 186 Å². The maximum Gasteiger partial charge on any atom is 0.274 e. The molecule has 160 valence electrons. The zero-order valence-corrected chi connectivity index (χ0v) is 18.4. The highest BCUT2D eigenvalue weighted by molar-refractivity contribution is 7.13. The van der Waals surface area contributed by atoms with Crippen molar-refractivity contribution in [3.05, 3.63) is 71.6 Å². The monoisotopic (exact) mass is 434 g/mol. The summed E-state index contributed by atoms with van der Waals surface area (Å²) >= 11 is 1.71. The zero-order valence-electron chi connectivity index (χ0n) is 17.6. The molecule has 1 saturated heterocycles. The number of rotatable bonds is 6. The predicted molar refractivity (Wildman–Crippen MR) is 122 cm³/mol. The number of carbonyl (C=O) groups is 2. The molecule has 6 nitrogen and oxygen atoms in total. The maximum atomic E-state index is 13.2. The predicted octanol–water partition coefficient (Wildman–Crippen LogP) is 3.81. The zero-order chi connectivity index (χ0) is 21.7. The van der Waals surface area contributed by atoms with Crippen molar-refractivity contribution in [1.82, 2.24) is 20.2 Å². The van der Waals surface area contributed by atoms with E-state index in [1.165, 1.54) is 22.8 Å². The highest BCUT2D eigenvalue weighted by atomic mass is 32.1. The van der Waals surface area contributed by atoms with Gasteiger partial charge in [-0.3, -0.25) is 14.6 Å². The summed E-state index contributed by atoms with van der Waals surface area (Å²) in [4.78, 5) is 37.3. The van der Waals surface area contributed by atoms with E-state index in [-0.39, 0.29) is 11.8 Å². The number of nitrogens with one attached hydrogen (secondary N) is 1. The van der Waals surface area contributed by atoms with Crippen LogP contribution in [0.2, 0.25) is 0 Å². The highest BCUT2D eigenvalue weighted by Crippen LogP contribution is 2.35. The van der Waals surface area contributed by atoms with E-state index in [1.54, 1.807) is 22.4 Å². The largest absolute Gasteiger partial charge is 0.356 e. The molecule has 0 aliphatic carbocycles.